The third-order valence-corrected chi connectivity index (χ3v) is 3.63. The number of rotatable bonds is 3. The van der Waals surface area contributed by atoms with Crippen LogP contribution in [0.2, 0.25) is 0 Å². The first kappa shape index (κ1) is 8.90. The molecule has 13 heavy (non-hydrogen) atoms. The molecule has 0 fully saturated rings. The van der Waals surface area contributed by atoms with E-state index in [-0.39, 0.29) is 0 Å². The maximum atomic E-state index is 4.08. The van der Waals surface area contributed by atoms with E-state index in [9.17, 15) is 0 Å². The van der Waals surface area contributed by atoms with Crippen molar-refractivity contribution in [2.75, 3.05) is 11.3 Å². The third-order valence-electron chi connectivity index (χ3n) is 1.65. The van der Waals surface area contributed by atoms with Crippen LogP contribution in [-0.4, -0.2) is 26.5 Å². The number of nitrogens with zero attached hydrogens (tertiary/aromatic N) is 2. The van der Waals surface area contributed by atoms with Gasteiger partial charge in [-0.1, -0.05) is 11.8 Å². The molecule has 0 saturated carbocycles. The molecule has 0 amide bonds. The SMILES string of the molecule is CSCSc1nncc2cc[nH]c12. The molecule has 0 radical (unpaired) electrons. The van der Waals surface area contributed by atoms with Crippen molar-refractivity contribution in [3.05, 3.63) is 18.5 Å². The van der Waals surface area contributed by atoms with Crippen LogP contribution in [0.15, 0.2) is 23.5 Å². The van der Waals surface area contributed by atoms with Gasteiger partial charge in [0, 0.05) is 16.7 Å². The van der Waals surface area contributed by atoms with E-state index in [0.717, 1.165) is 21.0 Å². The average molecular weight is 211 g/mol. The maximum absolute atomic E-state index is 4.08. The lowest BCUT2D eigenvalue weighted by atomic mass is 10.4. The minimum Gasteiger partial charge on any atom is -0.359 e. The molecule has 0 spiro atoms. The highest BCUT2D eigenvalue weighted by Crippen LogP contribution is 2.25. The zero-order chi connectivity index (χ0) is 9.10. The maximum Gasteiger partial charge on any atom is 0.144 e. The second-order valence-electron chi connectivity index (χ2n) is 2.51. The van der Waals surface area contributed by atoms with E-state index in [0.29, 0.717) is 0 Å². The summed E-state index contributed by atoms with van der Waals surface area (Å²) in [5.74, 6) is 0. The van der Waals surface area contributed by atoms with E-state index < -0.39 is 0 Å². The fourth-order valence-electron chi connectivity index (χ4n) is 1.08. The molecule has 0 aliphatic heterocycles. The molecule has 0 atom stereocenters. The van der Waals surface area contributed by atoms with Gasteiger partial charge in [-0.15, -0.1) is 5.10 Å². The van der Waals surface area contributed by atoms with E-state index in [2.05, 4.69) is 21.4 Å². The Morgan fingerprint density at radius 2 is 2.46 bits per heavy atom. The Balaban J connectivity index is 2.37. The minimum atomic E-state index is 0.983. The predicted octanol–water partition coefficient (Wildman–Crippen LogP) is 2.37. The molecule has 5 heteroatoms. The molecule has 0 saturated heterocycles. The summed E-state index contributed by atoms with van der Waals surface area (Å²) in [5.41, 5.74) is 1.09. The Hall–Kier alpha value is -0.680. The lowest BCUT2D eigenvalue weighted by Crippen LogP contribution is -1.86. The molecule has 2 aromatic rings. The third kappa shape index (κ3) is 1.81. The van der Waals surface area contributed by atoms with Gasteiger partial charge in [-0.2, -0.15) is 16.9 Å². The Bertz CT molecular complexity index is 399. The van der Waals surface area contributed by atoms with Gasteiger partial charge in [0.1, 0.15) is 5.03 Å². The summed E-state index contributed by atoms with van der Waals surface area (Å²) in [6.45, 7) is 0. The molecular weight excluding hydrogens is 202 g/mol. The summed E-state index contributed by atoms with van der Waals surface area (Å²) in [6.07, 6.45) is 5.77. The first-order valence-electron chi connectivity index (χ1n) is 3.82. The monoisotopic (exact) mass is 211 g/mol. The molecule has 3 nitrogen and oxygen atoms in total. The number of hydrogen-bond donors (Lipinski definition) is 1. The number of fused-ring (bicyclic) bond motifs is 1. The smallest absolute Gasteiger partial charge is 0.144 e. The van der Waals surface area contributed by atoms with Crippen LogP contribution in [-0.2, 0) is 0 Å². The molecule has 68 valence electrons. The van der Waals surface area contributed by atoms with Crippen molar-refractivity contribution in [3.8, 4) is 0 Å². The first-order valence-corrected chi connectivity index (χ1v) is 6.20. The van der Waals surface area contributed by atoms with Crippen molar-refractivity contribution >= 4 is 34.4 Å². The minimum absolute atomic E-state index is 0.983. The zero-order valence-corrected chi connectivity index (χ0v) is 8.78. The Kier molecular flexibility index (Phi) is 2.75. The Morgan fingerprint density at radius 1 is 1.54 bits per heavy atom. The largest absolute Gasteiger partial charge is 0.359 e. The van der Waals surface area contributed by atoms with Crippen LogP contribution in [0.5, 0.6) is 0 Å². The number of thioether (sulfide) groups is 2. The van der Waals surface area contributed by atoms with E-state index >= 15 is 0 Å². The van der Waals surface area contributed by atoms with Gasteiger partial charge in [0.25, 0.3) is 0 Å². The second kappa shape index (κ2) is 4.02. The predicted molar refractivity (Wildman–Crippen MR) is 58.1 cm³/mol. The first-order chi connectivity index (χ1) is 6.42. The van der Waals surface area contributed by atoms with Crippen LogP contribution in [0, 0.1) is 0 Å². The van der Waals surface area contributed by atoms with Crippen molar-refractivity contribution in [3.63, 3.8) is 0 Å². The lowest BCUT2D eigenvalue weighted by molar-refractivity contribution is 0.952. The van der Waals surface area contributed by atoms with Crippen LogP contribution in [0.4, 0.5) is 0 Å². The summed E-state index contributed by atoms with van der Waals surface area (Å²) in [5, 5.41) is 11.1. The van der Waals surface area contributed by atoms with E-state index in [4.69, 9.17) is 0 Å². The zero-order valence-electron chi connectivity index (χ0n) is 7.15. The van der Waals surface area contributed by atoms with Crippen molar-refractivity contribution in [2.24, 2.45) is 0 Å². The standard InChI is InChI=1S/C8H9N3S2/c1-12-5-13-8-7-6(2-3-9-7)4-10-11-8/h2-4,9H,5H2,1H3. The Labute approximate surface area is 84.7 Å². The van der Waals surface area contributed by atoms with E-state index in [1.165, 1.54) is 0 Å². The van der Waals surface area contributed by atoms with Gasteiger partial charge >= 0.3 is 0 Å². The molecule has 0 unspecified atom stereocenters. The summed E-state index contributed by atoms with van der Waals surface area (Å²) in [6, 6.07) is 2.01. The number of aromatic amines is 1. The van der Waals surface area contributed by atoms with E-state index in [1.807, 2.05) is 12.3 Å². The lowest BCUT2D eigenvalue weighted by Gasteiger charge is -1.98. The van der Waals surface area contributed by atoms with Crippen molar-refractivity contribution in [2.45, 2.75) is 5.03 Å². The van der Waals surface area contributed by atoms with Crippen molar-refractivity contribution < 1.29 is 0 Å². The quantitative estimate of drug-likeness (QED) is 0.625. The topological polar surface area (TPSA) is 41.6 Å². The molecule has 0 aliphatic carbocycles. The molecule has 0 aromatic carbocycles. The van der Waals surface area contributed by atoms with Gasteiger partial charge < -0.3 is 4.98 Å². The van der Waals surface area contributed by atoms with Crippen LogP contribution >= 0.6 is 23.5 Å². The fraction of sp³-hybridized carbons (Fsp3) is 0.250. The molecule has 1 N–H and O–H groups in total. The number of nitrogens with one attached hydrogen (secondary N) is 1. The average Bonchev–Trinajstić information content (AvgIpc) is 2.62. The number of aromatic nitrogens is 3. The molecule has 0 bridgehead atoms. The normalized spacial score (nSPS) is 10.8. The molecule has 2 heterocycles. The molecular formula is C8H9N3S2. The number of H-pyrrole nitrogens is 1. The van der Waals surface area contributed by atoms with Crippen molar-refractivity contribution in [1.82, 2.24) is 15.2 Å². The van der Waals surface area contributed by atoms with Crippen LogP contribution < -0.4 is 0 Å². The van der Waals surface area contributed by atoms with Crippen LogP contribution in [0.1, 0.15) is 0 Å². The highest BCUT2D eigenvalue weighted by atomic mass is 32.2. The van der Waals surface area contributed by atoms with Gasteiger partial charge in [-0.05, 0) is 12.3 Å². The van der Waals surface area contributed by atoms with Crippen molar-refractivity contribution in [1.29, 1.82) is 0 Å². The summed E-state index contributed by atoms with van der Waals surface area (Å²) < 4.78 is 0. The molecule has 2 rings (SSSR count). The fourth-order valence-corrected chi connectivity index (χ4v) is 2.43. The van der Waals surface area contributed by atoms with Crippen LogP contribution in [0.3, 0.4) is 0 Å². The van der Waals surface area contributed by atoms with Gasteiger partial charge in [0.05, 0.1) is 11.7 Å². The second-order valence-corrected chi connectivity index (χ2v) is 4.70. The summed E-state index contributed by atoms with van der Waals surface area (Å²) in [4.78, 5) is 3.16. The van der Waals surface area contributed by atoms with Gasteiger partial charge in [-0.25, -0.2) is 0 Å². The van der Waals surface area contributed by atoms with E-state index in [1.54, 1.807) is 29.7 Å². The van der Waals surface area contributed by atoms with Crippen LogP contribution in [0.25, 0.3) is 10.9 Å². The van der Waals surface area contributed by atoms with Gasteiger partial charge in [0.2, 0.25) is 0 Å². The van der Waals surface area contributed by atoms with Gasteiger partial charge in [-0.3, -0.25) is 0 Å². The highest BCUT2D eigenvalue weighted by Gasteiger charge is 2.03. The van der Waals surface area contributed by atoms with Gasteiger partial charge in [0.15, 0.2) is 0 Å². The highest BCUT2D eigenvalue weighted by molar-refractivity contribution is 8.15. The molecule has 2 aromatic heterocycles. The number of hydrogen-bond acceptors (Lipinski definition) is 4. The summed E-state index contributed by atoms with van der Waals surface area (Å²) >= 11 is 3.50. The molecule has 0 aliphatic rings. The summed E-state index contributed by atoms with van der Waals surface area (Å²) in [7, 11) is 0. The Morgan fingerprint density at radius 3 is 3.31 bits per heavy atom.